The number of hydrogen-bond donors (Lipinski definition) is 0. The van der Waals surface area contributed by atoms with E-state index >= 15 is 0 Å². The second-order valence-corrected chi connectivity index (χ2v) is 2.15. The van der Waals surface area contributed by atoms with Gasteiger partial charge in [0.2, 0.25) is 0 Å². The largest absolute Gasteiger partial charge is 0.137 e. The van der Waals surface area contributed by atoms with Crippen molar-refractivity contribution in [1.29, 1.82) is 0 Å². The molecule has 0 heterocycles. The third-order valence-corrected chi connectivity index (χ3v) is 1.70. The van der Waals surface area contributed by atoms with Crippen LogP contribution in [0.2, 0.25) is 0 Å². The summed E-state index contributed by atoms with van der Waals surface area (Å²) < 4.78 is 0. The van der Waals surface area contributed by atoms with Gasteiger partial charge in [0, 0.05) is 0 Å². The van der Waals surface area contributed by atoms with E-state index in [-0.39, 0.29) is 24.0 Å². The highest BCUT2D eigenvalue weighted by Crippen LogP contribution is 2.30. The molecule has 0 N–H and O–H groups in total. The molecule has 0 aliphatic heterocycles. The Bertz CT molecular complexity index is 34.5. The van der Waals surface area contributed by atoms with Crippen LogP contribution in [-0.4, -0.2) is 6.16 Å². The molecule has 0 nitrogen and oxygen atoms in total. The highest BCUT2D eigenvalue weighted by molar-refractivity contribution is 14.0. The lowest BCUT2D eigenvalue weighted by molar-refractivity contribution is 1.00. The summed E-state index contributed by atoms with van der Waals surface area (Å²) in [6.45, 7) is 0. The van der Waals surface area contributed by atoms with E-state index in [1.54, 1.807) is 0 Å². The Hall–Kier alpha value is 1.16. The molecular weight excluding hydrogens is 206 g/mol. The molecule has 1 saturated carbocycles. The Morgan fingerprint density at radius 3 is 2.00 bits per heavy atom. The highest BCUT2D eigenvalue weighted by Gasteiger charge is 2.17. The summed E-state index contributed by atoms with van der Waals surface area (Å²) in [4.78, 5) is 0. The Morgan fingerprint density at radius 2 is 2.00 bits per heavy atom. The summed E-state index contributed by atoms with van der Waals surface area (Å²) in [5.41, 5.74) is 0. The Kier molecular flexibility index (Phi) is 3.82. The molecule has 0 aromatic rings. The standard InChI is InChI=1S/C4H9P.HI/c5-3-4-1-2-4;/h4H,1-3,5H2;1H. The zero-order valence-corrected chi connectivity index (χ0v) is 7.17. The van der Waals surface area contributed by atoms with Gasteiger partial charge in [-0.15, -0.1) is 33.2 Å². The van der Waals surface area contributed by atoms with Crippen molar-refractivity contribution in [3.63, 3.8) is 0 Å². The van der Waals surface area contributed by atoms with Gasteiger partial charge in [0.25, 0.3) is 0 Å². The summed E-state index contributed by atoms with van der Waals surface area (Å²) in [7, 11) is 2.76. The first-order valence-corrected chi connectivity index (χ1v) is 2.95. The van der Waals surface area contributed by atoms with Crippen LogP contribution >= 0.6 is 33.2 Å². The molecule has 0 spiro atoms. The summed E-state index contributed by atoms with van der Waals surface area (Å²) in [5, 5.41) is 0. The van der Waals surface area contributed by atoms with Gasteiger partial charge >= 0.3 is 0 Å². The van der Waals surface area contributed by atoms with Crippen molar-refractivity contribution >= 4 is 33.2 Å². The third kappa shape index (κ3) is 2.35. The topological polar surface area (TPSA) is 0 Å². The lowest BCUT2D eigenvalue weighted by Gasteiger charge is -1.73. The highest BCUT2D eigenvalue weighted by atomic mass is 127. The fourth-order valence-electron chi connectivity index (χ4n) is 0.354. The second-order valence-electron chi connectivity index (χ2n) is 1.68. The molecule has 0 radical (unpaired) electrons. The minimum Gasteiger partial charge on any atom is -0.137 e. The van der Waals surface area contributed by atoms with Gasteiger partial charge in [-0.2, -0.15) is 0 Å². The maximum Gasteiger partial charge on any atom is -0.0353 e. The normalized spacial score (nSPS) is 19.5. The lowest BCUT2D eigenvalue weighted by Crippen LogP contribution is -1.66. The van der Waals surface area contributed by atoms with Gasteiger partial charge in [-0.1, -0.05) is 0 Å². The maximum atomic E-state index is 2.76. The van der Waals surface area contributed by atoms with Crippen LogP contribution < -0.4 is 0 Å². The van der Waals surface area contributed by atoms with E-state index < -0.39 is 0 Å². The van der Waals surface area contributed by atoms with Gasteiger partial charge in [-0.3, -0.25) is 0 Å². The van der Waals surface area contributed by atoms with Crippen molar-refractivity contribution in [2.75, 3.05) is 6.16 Å². The van der Waals surface area contributed by atoms with E-state index in [0.29, 0.717) is 0 Å². The molecule has 0 aromatic heterocycles. The molecule has 0 bridgehead atoms. The molecule has 1 aliphatic rings. The van der Waals surface area contributed by atoms with Crippen molar-refractivity contribution in [1.82, 2.24) is 0 Å². The van der Waals surface area contributed by atoms with E-state index in [1.807, 2.05) is 0 Å². The number of rotatable bonds is 1. The van der Waals surface area contributed by atoms with Crippen LogP contribution in [-0.2, 0) is 0 Å². The fraction of sp³-hybridized carbons (Fsp3) is 1.00. The first kappa shape index (κ1) is 7.16. The minimum atomic E-state index is 0. The van der Waals surface area contributed by atoms with Gasteiger partial charge in [0.15, 0.2) is 0 Å². The Morgan fingerprint density at radius 1 is 1.50 bits per heavy atom. The molecule has 0 amide bonds. The molecular formula is C4H10IP. The van der Waals surface area contributed by atoms with Crippen LogP contribution in [0.25, 0.3) is 0 Å². The second kappa shape index (κ2) is 3.20. The fourth-order valence-corrected chi connectivity index (χ4v) is 0.825. The van der Waals surface area contributed by atoms with Crippen LogP contribution in [0.15, 0.2) is 0 Å². The van der Waals surface area contributed by atoms with Gasteiger partial charge in [0.1, 0.15) is 0 Å². The van der Waals surface area contributed by atoms with Gasteiger partial charge in [-0.25, -0.2) is 0 Å². The molecule has 1 atom stereocenters. The zero-order chi connectivity index (χ0) is 3.70. The monoisotopic (exact) mass is 216 g/mol. The van der Waals surface area contributed by atoms with E-state index in [2.05, 4.69) is 9.24 Å². The third-order valence-electron chi connectivity index (χ3n) is 1.03. The minimum absolute atomic E-state index is 0. The van der Waals surface area contributed by atoms with E-state index in [0.717, 1.165) is 5.92 Å². The Labute approximate surface area is 58.3 Å². The summed E-state index contributed by atoms with van der Waals surface area (Å²) in [6, 6.07) is 0. The average Bonchev–Trinajstić information content (AvgIpc) is 2.12. The van der Waals surface area contributed by atoms with Crippen molar-refractivity contribution < 1.29 is 0 Å². The van der Waals surface area contributed by atoms with Gasteiger partial charge < -0.3 is 0 Å². The van der Waals surface area contributed by atoms with E-state index in [9.17, 15) is 0 Å². The summed E-state index contributed by atoms with van der Waals surface area (Å²) >= 11 is 0. The van der Waals surface area contributed by atoms with Crippen LogP contribution in [0, 0.1) is 5.92 Å². The first-order valence-electron chi connectivity index (χ1n) is 2.13. The maximum absolute atomic E-state index is 2.76. The van der Waals surface area contributed by atoms with Gasteiger partial charge in [-0.05, 0) is 24.9 Å². The van der Waals surface area contributed by atoms with Crippen molar-refractivity contribution in [3.05, 3.63) is 0 Å². The quantitative estimate of drug-likeness (QED) is 0.463. The van der Waals surface area contributed by atoms with E-state index in [4.69, 9.17) is 0 Å². The van der Waals surface area contributed by atoms with Gasteiger partial charge in [0.05, 0.1) is 0 Å². The van der Waals surface area contributed by atoms with Crippen molar-refractivity contribution in [2.45, 2.75) is 12.8 Å². The summed E-state index contributed by atoms with van der Waals surface area (Å²) in [5.74, 6) is 1.10. The molecule has 1 fully saturated rings. The number of halogens is 1. The first-order chi connectivity index (χ1) is 2.43. The number of hydrogen-bond acceptors (Lipinski definition) is 0. The predicted octanol–water partition coefficient (Wildman–Crippen LogP) is 1.89. The molecule has 6 heavy (non-hydrogen) atoms. The SMILES string of the molecule is I.PCC1CC1. The molecule has 38 valence electrons. The average molecular weight is 216 g/mol. The Balaban J connectivity index is 0.000000250. The van der Waals surface area contributed by atoms with Crippen molar-refractivity contribution in [3.8, 4) is 0 Å². The smallest absolute Gasteiger partial charge is 0.0353 e. The molecule has 1 unspecified atom stereocenters. The van der Waals surface area contributed by atoms with E-state index in [1.165, 1.54) is 19.0 Å². The molecule has 0 saturated heterocycles. The van der Waals surface area contributed by atoms with Crippen LogP contribution in [0.4, 0.5) is 0 Å². The molecule has 0 aromatic carbocycles. The molecule has 2 heteroatoms. The predicted molar refractivity (Wildman–Crippen MR) is 42.7 cm³/mol. The van der Waals surface area contributed by atoms with Crippen LogP contribution in [0.5, 0.6) is 0 Å². The van der Waals surface area contributed by atoms with Crippen LogP contribution in [0.1, 0.15) is 12.8 Å². The zero-order valence-electron chi connectivity index (χ0n) is 3.68. The lowest BCUT2D eigenvalue weighted by atomic mass is 10.5. The summed E-state index contributed by atoms with van der Waals surface area (Å²) in [6.07, 6.45) is 4.31. The molecule has 1 aliphatic carbocycles. The van der Waals surface area contributed by atoms with Crippen molar-refractivity contribution in [2.24, 2.45) is 5.92 Å². The molecule has 1 rings (SSSR count). The van der Waals surface area contributed by atoms with Crippen LogP contribution in [0.3, 0.4) is 0 Å².